The monoisotopic (exact) mass is 378 g/mol. The summed E-state index contributed by atoms with van der Waals surface area (Å²) in [6.45, 7) is 1.90. The number of sulfonamides is 1. The minimum absolute atomic E-state index is 0.0350. The number of amides is 1. The molecule has 0 N–H and O–H groups in total. The van der Waals surface area contributed by atoms with Crippen molar-refractivity contribution in [3.8, 4) is 5.75 Å². The first kappa shape index (κ1) is 17.9. The third-order valence-electron chi connectivity index (χ3n) is 2.75. The number of rotatable bonds is 6. The molecule has 0 aliphatic carbocycles. The van der Waals surface area contributed by atoms with Crippen LogP contribution in [0.4, 0.5) is 0 Å². The normalized spacial score (nSPS) is 11.5. The highest BCUT2D eigenvalue weighted by Gasteiger charge is 2.27. The fourth-order valence-electron chi connectivity index (χ4n) is 1.54. The number of carbonyl (C=O) groups is 1. The van der Waals surface area contributed by atoms with Gasteiger partial charge in [0.05, 0.1) is 13.2 Å². The molecule has 1 aromatic rings. The third kappa shape index (κ3) is 4.42. The summed E-state index contributed by atoms with van der Waals surface area (Å²) in [6.07, 6.45) is 0. The Morgan fingerprint density at radius 2 is 1.90 bits per heavy atom. The van der Waals surface area contributed by atoms with Gasteiger partial charge in [0.2, 0.25) is 15.9 Å². The largest absolute Gasteiger partial charge is 0.492 e. The summed E-state index contributed by atoms with van der Waals surface area (Å²) >= 11 is 3.25. The van der Waals surface area contributed by atoms with E-state index in [9.17, 15) is 13.2 Å². The van der Waals surface area contributed by atoms with Crippen molar-refractivity contribution in [1.29, 1.82) is 0 Å². The van der Waals surface area contributed by atoms with Gasteiger partial charge in [0, 0.05) is 25.6 Å². The highest BCUT2D eigenvalue weighted by molar-refractivity contribution is 9.10. The Bertz CT molecular complexity index is 617. The van der Waals surface area contributed by atoms with Gasteiger partial charge in [0.15, 0.2) is 0 Å². The molecule has 0 spiro atoms. The number of benzene rings is 1. The number of carbonyl (C=O) groups excluding carboxylic acids is 1. The zero-order valence-corrected chi connectivity index (χ0v) is 14.9. The molecule has 0 heterocycles. The fraction of sp³-hybridized carbons (Fsp3) is 0.462. The maximum absolute atomic E-state index is 12.6. The molecule has 0 fully saturated rings. The van der Waals surface area contributed by atoms with Crippen LogP contribution >= 0.6 is 15.9 Å². The standard InChI is InChI=1S/C13H19BrN2O4S/c1-5-20-11-7-6-10(14)8-12(11)21(18,19)16(4)9-13(17)15(2)3/h6-8H,5,9H2,1-4H3. The van der Waals surface area contributed by atoms with E-state index in [0.29, 0.717) is 11.1 Å². The van der Waals surface area contributed by atoms with Crippen molar-refractivity contribution in [2.45, 2.75) is 11.8 Å². The van der Waals surface area contributed by atoms with E-state index in [2.05, 4.69) is 15.9 Å². The smallest absolute Gasteiger partial charge is 0.247 e. The second-order valence-corrected chi connectivity index (χ2v) is 7.50. The van der Waals surface area contributed by atoms with E-state index in [1.165, 1.54) is 18.0 Å². The van der Waals surface area contributed by atoms with Crippen LogP contribution in [0.3, 0.4) is 0 Å². The lowest BCUT2D eigenvalue weighted by Gasteiger charge is -2.20. The zero-order valence-electron chi connectivity index (χ0n) is 12.5. The molecule has 0 aliphatic rings. The number of likely N-dealkylation sites (N-methyl/N-ethyl adjacent to an activating group) is 2. The summed E-state index contributed by atoms with van der Waals surface area (Å²) < 4.78 is 32.2. The highest BCUT2D eigenvalue weighted by atomic mass is 79.9. The molecule has 0 unspecified atom stereocenters. The Kier molecular flexibility index (Phi) is 6.18. The Labute approximate surface area is 133 Å². The summed E-state index contributed by atoms with van der Waals surface area (Å²) in [7, 11) is 0.710. The van der Waals surface area contributed by atoms with Gasteiger partial charge in [-0.2, -0.15) is 4.31 Å². The van der Waals surface area contributed by atoms with Crippen LogP contribution in [0.15, 0.2) is 27.6 Å². The van der Waals surface area contributed by atoms with Crippen molar-refractivity contribution in [2.24, 2.45) is 0 Å². The summed E-state index contributed by atoms with van der Waals surface area (Å²) in [4.78, 5) is 13.1. The maximum atomic E-state index is 12.6. The van der Waals surface area contributed by atoms with Crippen LogP contribution in [0.5, 0.6) is 5.75 Å². The van der Waals surface area contributed by atoms with Crippen molar-refractivity contribution in [3.63, 3.8) is 0 Å². The van der Waals surface area contributed by atoms with E-state index >= 15 is 0 Å². The van der Waals surface area contributed by atoms with E-state index in [1.807, 2.05) is 0 Å². The van der Waals surface area contributed by atoms with E-state index in [-0.39, 0.29) is 23.1 Å². The lowest BCUT2D eigenvalue weighted by atomic mass is 10.3. The van der Waals surface area contributed by atoms with Crippen LogP contribution in [0.2, 0.25) is 0 Å². The first-order valence-electron chi connectivity index (χ1n) is 6.29. The average molecular weight is 379 g/mol. The Hall–Kier alpha value is -1.12. The number of hydrogen-bond acceptors (Lipinski definition) is 4. The van der Waals surface area contributed by atoms with Crippen LogP contribution in [0.1, 0.15) is 6.92 Å². The molecule has 1 amide bonds. The van der Waals surface area contributed by atoms with Crippen LogP contribution in [0, 0.1) is 0 Å². The fourth-order valence-corrected chi connectivity index (χ4v) is 3.33. The SMILES string of the molecule is CCOc1ccc(Br)cc1S(=O)(=O)N(C)CC(=O)N(C)C. The van der Waals surface area contributed by atoms with Gasteiger partial charge in [0.1, 0.15) is 10.6 Å². The topological polar surface area (TPSA) is 66.9 Å². The molecule has 0 atom stereocenters. The van der Waals surface area contributed by atoms with Gasteiger partial charge < -0.3 is 9.64 Å². The van der Waals surface area contributed by atoms with Crippen molar-refractivity contribution in [3.05, 3.63) is 22.7 Å². The number of hydrogen-bond donors (Lipinski definition) is 0. The first-order valence-corrected chi connectivity index (χ1v) is 8.52. The predicted molar refractivity (Wildman–Crippen MR) is 83.8 cm³/mol. The van der Waals surface area contributed by atoms with Crippen molar-refractivity contribution < 1.29 is 17.9 Å². The minimum atomic E-state index is -3.81. The summed E-state index contributed by atoms with van der Waals surface area (Å²) in [6, 6.07) is 4.76. The summed E-state index contributed by atoms with van der Waals surface area (Å²) in [5.74, 6) is -0.0288. The van der Waals surface area contributed by atoms with E-state index < -0.39 is 10.0 Å². The first-order chi connectivity index (χ1) is 9.70. The average Bonchev–Trinajstić information content (AvgIpc) is 2.40. The second kappa shape index (κ2) is 7.24. The van der Waals surface area contributed by atoms with Crippen LogP contribution in [-0.2, 0) is 14.8 Å². The number of nitrogens with zero attached hydrogens (tertiary/aromatic N) is 2. The van der Waals surface area contributed by atoms with Gasteiger partial charge in [0.25, 0.3) is 0 Å². The van der Waals surface area contributed by atoms with Crippen LogP contribution < -0.4 is 4.74 Å². The molecule has 1 rings (SSSR count). The molecule has 21 heavy (non-hydrogen) atoms. The number of ether oxygens (including phenoxy) is 1. The summed E-state index contributed by atoms with van der Waals surface area (Å²) in [5.41, 5.74) is 0. The minimum Gasteiger partial charge on any atom is -0.492 e. The quantitative estimate of drug-likeness (QED) is 0.753. The van der Waals surface area contributed by atoms with Crippen molar-refractivity contribution in [1.82, 2.24) is 9.21 Å². The molecular formula is C13H19BrN2O4S. The van der Waals surface area contributed by atoms with Gasteiger partial charge in [-0.05, 0) is 25.1 Å². The molecule has 0 aromatic heterocycles. The van der Waals surface area contributed by atoms with Gasteiger partial charge in [-0.15, -0.1) is 0 Å². The van der Waals surface area contributed by atoms with Crippen LogP contribution in [0.25, 0.3) is 0 Å². The van der Waals surface area contributed by atoms with E-state index in [0.717, 1.165) is 4.31 Å². The third-order valence-corrected chi connectivity index (χ3v) is 5.07. The molecule has 118 valence electrons. The zero-order chi connectivity index (χ0) is 16.2. The lowest BCUT2D eigenvalue weighted by Crippen LogP contribution is -2.37. The molecular weight excluding hydrogens is 360 g/mol. The molecule has 0 saturated heterocycles. The van der Waals surface area contributed by atoms with Crippen LogP contribution in [-0.4, -0.2) is 57.8 Å². The molecule has 1 aromatic carbocycles. The highest BCUT2D eigenvalue weighted by Crippen LogP contribution is 2.29. The second-order valence-electron chi connectivity index (χ2n) is 4.57. The Morgan fingerprint density at radius 3 is 2.43 bits per heavy atom. The molecule has 0 radical (unpaired) electrons. The van der Waals surface area contributed by atoms with E-state index in [1.54, 1.807) is 33.2 Å². The molecule has 0 bridgehead atoms. The summed E-state index contributed by atoms with van der Waals surface area (Å²) in [5, 5.41) is 0. The van der Waals surface area contributed by atoms with E-state index in [4.69, 9.17) is 4.74 Å². The van der Waals surface area contributed by atoms with Crippen molar-refractivity contribution in [2.75, 3.05) is 34.3 Å². The van der Waals surface area contributed by atoms with Gasteiger partial charge in [-0.25, -0.2) is 8.42 Å². The maximum Gasteiger partial charge on any atom is 0.247 e. The Balaban J connectivity index is 3.17. The molecule has 6 nitrogen and oxygen atoms in total. The van der Waals surface area contributed by atoms with Gasteiger partial charge >= 0.3 is 0 Å². The lowest BCUT2D eigenvalue weighted by molar-refractivity contribution is -0.128. The molecule has 8 heteroatoms. The molecule has 0 saturated carbocycles. The number of halogens is 1. The molecule has 0 aliphatic heterocycles. The van der Waals surface area contributed by atoms with Gasteiger partial charge in [-0.3, -0.25) is 4.79 Å². The Morgan fingerprint density at radius 1 is 1.29 bits per heavy atom. The van der Waals surface area contributed by atoms with Gasteiger partial charge in [-0.1, -0.05) is 15.9 Å². The van der Waals surface area contributed by atoms with Crippen molar-refractivity contribution >= 4 is 31.9 Å². The predicted octanol–water partition coefficient (Wildman–Crippen LogP) is 1.56.